The molecule has 0 saturated heterocycles. The first kappa shape index (κ1) is 15.9. The molecule has 0 unspecified atom stereocenters. The Hall–Kier alpha value is -2.96. The normalized spacial score (nSPS) is 11.0. The molecule has 7 nitrogen and oxygen atoms in total. The fourth-order valence-electron chi connectivity index (χ4n) is 2.60. The first-order valence-electron chi connectivity index (χ1n) is 7.87. The molecule has 1 N–H and O–H groups in total. The molecule has 0 fully saturated rings. The van der Waals surface area contributed by atoms with Crippen molar-refractivity contribution in [2.75, 3.05) is 0 Å². The van der Waals surface area contributed by atoms with Crippen LogP contribution < -0.4 is 5.56 Å². The quantitative estimate of drug-likeness (QED) is 0.672. The van der Waals surface area contributed by atoms with Gasteiger partial charge in [-0.1, -0.05) is 24.6 Å². The zero-order valence-electron chi connectivity index (χ0n) is 13.1. The Labute approximate surface area is 138 Å². The SMILES string of the molecule is O=C(O)CCCCCn1cnc2c(cnn2-c2ccccc2)c1=O. The summed E-state index contributed by atoms with van der Waals surface area (Å²) in [6.45, 7) is 0.526. The molecular weight excluding hydrogens is 308 g/mol. The zero-order valence-corrected chi connectivity index (χ0v) is 13.1. The van der Waals surface area contributed by atoms with Crippen LogP contribution in [0.3, 0.4) is 0 Å². The molecule has 0 atom stereocenters. The van der Waals surface area contributed by atoms with Crippen molar-refractivity contribution < 1.29 is 9.90 Å². The summed E-state index contributed by atoms with van der Waals surface area (Å²) in [6, 6.07) is 9.53. The highest BCUT2D eigenvalue weighted by molar-refractivity contribution is 5.74. The summed E-state index contributed by atoms with van der Waals surface area (Å²) in [5.74, 6) is -0.788. The summed E-state index contributed by atoms with van der Waals surface area (Å²) in [5, 5.41) is 13.4. The number of aromatic nitrogens is 4. The van der Waals surface area contributed by atoms with Gasteiger partial charge >= 0.3 is 5.97 Å². The van der Waals surface area contributed by atoms with E-state index in [9.17, 15) is 9.59 Å². The molecule has 24 heavy (non-hydrogen) atoms. The zero-order chi connectivity index (χ0) is 16.9. The highest BCUT2D eigenvalue weighted by atomic mass is 16.4. The lowest BCUT2D eigenvalue weighted by Crippen LogP contribution is -2.20. The predicted molar refractivity (Wildman–Crippen MR) is 89.2 cm³/mol. The van der Waals surface area contributed by atoms with Gasteiger partial charge in [-0.3, -0.25) is 14.2 Å². The number of aryl methyl sites for hydroxylation is 1. The minimum atomic E-state index is -0.788. The molecule has 0 aliphatic carbocycles. The maximum absolute atomic E-state index is 12.5. The van der Waals surface area contributed by atoms with Crippen molar-refractivity contribution >= 4 is 17.0 Å². The fraction of sp³-hybridized carbons (Fsp3) is 0.294. The van der Waals surface area contributed by atoms with Crippen molar-refractivity contribution in [3.05, 3.63) is 53.2 Å². The summed E-state index contributed by atoms with van der Waals surface area (Å²) < 4.78 is 3.20. The van der Waals surface area contributed by atoms with Crippen LogP contribution in [0.15, 0.2) is 47.7 Å². The summed E-state index contributed by atoms with van der Waals surface area (Å²) in [5.41, 5.74) is 1.26. The van der Waals surface area contributed by atoms with Crippen LogP contribution in [0.5, 0.6) is 0 Å². The lowest BCUT2D eigenvalue weighted by atomic mass is 10.2. The van der Waals surface area contributed by atoms with Gasteiger partial charge in [-0.05, 0) is 25.0 Å². The Kier molecular flexibility index (Phi) is 4.69. The number of unbranched alkanes of at least 4 members (excludes halogenated alkanes) is 2. The molecule has 2 aromatic heterocycles. The molecule has 0 bridgehead atoms. The Morgan fingerprint density at radius 2 is 1.92 bits per heavy atom. The Morgan fingerprint density at radius 1 is 1.12 bits per heavy atom. The Balaban J connectivity index is 1.77. The van der Waals surface area contributed by atoms with Crippen molar-refractivity contribution in [2.45, 2.75) is 32.2 Å². The van der Waals surface area contributed by atoms with Crippen LogP contribution in [0, 0.1) is 0 Å². The summed E-state index contributed by atoms with van der Waals surface area (Å²) >= 11 is 0. The third kappa shape index (κ3) is 3.34. The van der Waals surface area contributed by atoms with Gasteiger partial charge in [0.1, 0.15) is 5.39 Å². The van der Waals surface area contributed by atoms with Crippen LogP contribution in [-0.4, -0.2) is 30.4 Å². The Bertz CT molecular complexity index is 899. The van der Waals surface area contributed by atoms with Crippen LogP contribution in [0.25, 0.3) is 16.7 Å². The molecule has 0 aliphatic heterocycles. The number of nitrogens with zero attached hydrogens (tertiary/aromatic N) is 4. The summed E-state index contributed by atoms with van der Waals surface area (Å²) in [7, 11) is 0. The molecule has 124 valence electrons. The summed E-state index contributed by atoms with van der Waals surface area (Å²) in [6.07, 6.45) is 5.36. The van der Waals surface area contributed by atoms with Crippen LogP contribution in [-0.2, 0) is 11.3 Å². The number of fused-ring (bicyclic) bond motifs is 1. The van der Waals surface area contributed by atoms with Gasteiger partial charge in [0.05, 0.1) is 18.2 Å². The van der Waals surface area contributed by atoms with Crippen molar-refractivity contribution in [3.63, 3.8) is 0 Å². The van der Waals surface area contributed by atoms with Crippen molar-refractivity contribution in [2.24, 2.45) is 0 Å². The average molecular weight is 326 g/mol. The lowest BCUT2D eigenvalue weighted by Gasteiger charge is -2.06. The number of hydrogen-bond acceptors (Lipinski definition) is 4. The van der Waals surface area contributed by atoms with E-state index in [-0.39, 0.29) is 12.0 Å². The van der Waals surface area contributed by atoms with Crippen LogP contribution in [0.1, 0.15) is 25.7 Å². The van der Waals surface area contributed by atoms with E-state index < -0.39 is 5.97 Å². The minimum Gasteiger partial charge on any atom is -0.481 e. The first-order valence-corrected chi connectivity index (χ1v) is 7.87. The third-order valence-electron chi connectivity index (χ3n) is 3.84. The van der Waals surface area contributed by atoms with Gasteiger partial charge in [-0.2, -0.15) is 5.10 Å². The van der Waals surface area contributed by atoms with Crippen molar-refractivity contribution in [1.29, 1.82) is 0 Å². The van der Waals surface area contributed by atoms with E-state index in [2.05, 4.69) is 10.1 Å². The van der Waals surface area contributed by atoms with E-state index in [0.717, 1.165) is 18.5 Å². The largest absolute Gasteiger partial charge is 0.481 e. The Morgan fingerprint density at radius 3 is 2.67 bits per heavy atom. The number of carboxylic acid groups (broad SMARTS) is 1. The topological polar surface area (TPSA) is 90.0 Å². The minimum absolute atomic E-state index is 0.125. The van der Waals surface area contributed by atoms with Crippen molar-refractivity contribution in [3.8, 4) is 5.69 Å². The molecular formula is C17H18N4O3. The number of benzene rings is 1. The smallest absolute Gasteiger partial charge is 0.303 e. The van der Waals surface area contributed by atoms with Gasteiger partial charge in [-0.15, -0.1) is 0 Å². The van der Waals surface area contributed by atoms with Crippen LogP contribution >= 0.6 is 0 Å². The van der Waals surface area contributed by atoms with Crippen molar-refractivity contribution in [1.82, 2.24) is 19.3 Å². The van der Waals surface area contributed by atoms with E-state index in [1.165, 1.54) is 6.33 Å². The first-order chi connectivity index (χ1) is 11.7. The average Bonchev–Trinajstić information content (AvgIpc) is 3.02. The molecule has 3 rings (SSSR count). The molecule has 7 heteroatoms. The molecule has 2 heterocycles. The van der Waals surface area contributed by atoms with E-state index in [1.54, 1.807) is 15.4 Å². The van der Waals surface area contributed by atoms with Gasteiger partial charge in [0.2, 0.25) is 0 Å². The number of rotatable bonds is 7. The maximum Gasteiger partial charge on any atom is 0.303 e. The maximum atomic E-state index is 12.5. The van der Waals surface area contributed by atoms with E-state index in [4.69, 9.17) is 5.11 Å². The second-order valence-electron chi connectivity index (χ2n) is 5.58. The highest BCUT2D eigenvalue weighted by Gasteiger charge is 2.11. The number of para-hydroxylation sites is 1. The molecule has 0 amide bonds. The lowest BCUT2D eigenvalue weighted by molar-refractivity contribution is -0.137. The number of aliphatic carboxylic acids is 1. The van der Waals surface area contributed by atoms with Gasteiger partial charge in [0.15, 0.2) is 5.65 Å². The van der Waals surface area contributed by atoms with E-state index >= 15 is 0 Å². The van der Waals surface area contributed by atoms with E-state index in [0.29, 0.717) is 24.0 Å². The fourth-order valence-corrected chi connectivity index (χ4v) is 2.60. The van der Waals surface area contributed by atoms with Gasteiger partial charge in [-0.25, -0.2) is 9.67 Å². The summed E-state index contributed by atoms with van der Waals surface area (Å²) in [4.78, 5) is 27.4. The number of hydrogen-bond donors (Lipinski definition) is 1. The number of carboxylic acids is 1. The second-order valence-corrected chi connectivity index (χ2v) is 5.58. The monoisotopic (exact) mass is 326 g/mol. The molecule has 1 aromatic carbocycles. The predicted octanol–water partition coefficient (Wildman–Crippen LogP) is 2.23. The molecule has 0 aliphatic rings. The third-order valence-corrected chi connectivity index (χ3v) is 3.84. The van der Waals surface area contributed by atoms with Gasteiger partial charge in [0, 0.05) is 13.0 Å². The molecule has 0 radical (unpaired) electrons. The molecule has 3 aromatic rings. The standard InChI is InChI=1S/C17H18N4O3/c22-15(23)9-5-2-6-10-20-12-18-16-14(17(20)24)11-19-21(16)13-7-3-1-4-8-13/h1,3-4,7-8,11-12H,2,5-6,9-10H2,(H,22,23). The second kappa shape index (κ2) is 7.08. The van der Waals surface area contributed by atoms with Gasteiger partial charge < -0.3 is 5.11 Å². The van der Waals surface area contributed by atoms with Gasteiger partial charge in [0.25, 0.3) is 5.56 Å². The van der Waals surface area contributed by atoms with E-state index in [1.807, 2.05) is 30.3 Å². The van der Waals surface area contributed by atoms with Crippen LogP contribution in [0.4, 0.5) is 0 Å². The molecule has 0 spiro atoms. The highest BCUT2D eigenvalue weighted by Crippen LogP contribution is 2.13. The van der Waals surface area contributed by atoms with Crippen LogP contribution in [0.2, 0.25) is 0 Å². The molecule has 0 saturated carbocycles. The number of carbonyl (C=O) groups is 1.